The van der Waals surface area contributed by atoms with E-state index in [1.54, 1.807) is 0 Å². The molecular formula is C12H14BrClO. The Labute approximate surface area is 104 Å². The highest BCUT2D eigenvalue weighted by atomic mass is 79.9. The largest absolute Gasteiger partial charge is 0.390 e. The molecule has 3 heteroatoms. The maximum Gasteiger partial charge on any atom is 0.0693 e. The van der Waals surface area contributed by atoms with E-state index in [4.69, 9.17) is 11.6 Å². The van der Waals surface area contributed by atoms with Crippen LogP contribution in [0, 0.1) is 5.92 Å². The summed E-state index contributed by atoms with van der Waals surface area (Å²) in [6.45, 7) is 2.16. The highest BCUT2D eigenvalue weighted by Crippen LogP contribution is 2.40. The van der Waals surface area contributed by atoms with E-state index >= 15 is 0 Å². The monoisotopic (exact) mass is 288 g/mol. The van der Waals surface area contributed by atoms with Crippen molar-refractivity contribution in [2.24, 2.45) is 5.92 Å². The van der Waals surface area contributed by atoms with Gasteiger partial charge >= 0.3 is 0 Å². The lowest BCUT2D eigenvalue weighted by Gasteiger charge is -2.42. The van der Waals surface area contributed by atoms with Crippen LogP contribution in [0.5, 0.6) is 0 Å². The first-order valence-corrected chi connectivity index (χ1v) is 6.32. The van der Waals surface area contributed by atoms with Crippen molar-refractivity contribution in [3.63, 3.8) is 0 Å². The summed E-state index contributed by atoms with van der Waals surface area (Å²) < 4.78 is 0.977. The number of hydrogen-bond donors (Lipinski definition) is 1. The molecule has 0 atom stereocenters. The number of halogens is 2. The maximum absolute atomic E-state index is 10.2. The van der Waals surface area contributed by atoms with Gasteiger partial charge in [0.2, 0.25) is 0 Å². The third kappa shape index (κ3) is 2.55. The minimum Gasteiger partial charge on any atom is -0.390 e. The van der Waals surface area contributed by atoms with Gasteiger partial charge in [-0.15, -0.1) is 0 Å². The third-order valence-electron chi connectivity index (χ3n) is 2.99. The fourth-order valence-corrected chi connectivity index (χ4v) is 3.14. The lowest BCUT2D eigenvalue weighted by Crippen LogP contribution is -2.44. The predicted octanol–water partition coefficient (Wildman–Crippen LogP) is 3.81. The number of hydrogen-bond acceptors (Lipinski definition) is 1. The zero-order valence-electron chi connectivity index (χ0n) is 8.63. The molecule has 1 fully saturated rings. The van der Waals surface area contributed by atoms with Crippen LogP contribution in [-0.2, 0) is 6.42 Å². The number of aliphatic hydroxyl groups is 1. The van der Waals surface area contributed by atoms with E-state index in [0.29, 0.717) is 12.3 Å². The third-order valence-corrected chi connectivity index (χ3v) is 3.84. The highest BCUT2D eigenvalue weighted by Gasteiger charge is 2.40. The van der Waals surface area contributed by atoms with Gasteiger partial charge in [-0.1, -0.05) is 40.5 Å². The summed E-state index contributed by atoms with van der Waals surface area (Å²) >= 11 is 9.48. The first-order valence-electron chi connectivity index (χ1n) is 5.15. The molecule has 1 saturated carbocycles. The summed E-state index contributed by atoms with van der Waals surface area (Å²) in [5.41, 5.74) is 0.519. The summed E-state index contributed by atoms with van der Waals surface area (Å²) in [6.07, 6.45) is 2.45. The Hall–Kier alpha value is -0.0500. The average Bonchev–Trinajstić information content (AvgIpc) is 2.08. The van der Waals surface area contributed by atoms with Crippen LogP contribution >= 0.6 is 27.5 Å². The quantitative estimate of drug-likeness (QED) is 0.878. The molecule has 1 N–H and O–H groups in total. The smallest absolute Gasteiger partial charge is 0.0693 e. The molecular weight excluding hydrogens is 275 g/mol. The Morgan fingerprint density at radius 1 is 1.53 bits per heavy atom. The van der Waals surface area contributed by atoms with Gasteiger partial charge in [0, 0.05) is 15.9 Å². The van der Waals surface area contributed by atoms with Crippen LogP contribution in [0.4, 0.5) is 0 Å². The summed E-state index contributed by atoms with van der Waals surface area (Å²) in [5, 5.41) is 10.9. The van der Waals surface area contributed by atoms with Gasteiger partial charge in [0.15, 0.2) is 0 Å². The van der Waals surface area contributed by atoms with Crippen LogP contribution < -0.4 is 0 Å². The van der Waals surface area contributed by atoms with Gasteiger partial charge < -0.3 is 5.11 Å². The summed E-state index contributed by atoms with van der Waals surface area (Å²) in [7, 11) is 0. The van der Waals surface area contributed by atoms with Crippen molar-refractivity contribution in [2.45, 2.75) is 31.8 Å². The molecule has 82 valence electrons. The maximum atomic E-state index is 10.2. The van der Waals surface area contributed by atoms with Gasteiger partial charge in [-0.25, -0.2) is 0 Å². The second-order valence-electron chi connectivity index (χ2n) is 4.65. The minimum atomic E-state index is -0.517. The first-order chi connectivity index (χ1) is 6.98. The van der Waals surface area contributed by atoms with Crippen molar-refractivity contribution in [1.29, 1.82) is 0 Å². The second kappa shape index (κ2) is 4.08. The van der Waals surface area contributed by atoms with Crippen LogP contribution in [0.2, 0.25) is 5.02 Å². The Bertz CT molecular complexity index is 372. The standard InChI is InChI=1S/C12H14BrClO/c1-8-5-12(15,6-8)7-9-2-3-10(13)4-11(9)14/h2-4,8,15H,5-7H2,1H3. The van der Waals surface area contributed by atoms with Crippen LogP contribution in [0.25, 0.3) is 0 Å². The molecule has 1 aromatic rings. The molecule has 0 spiro atoms. The molecule has 0 unspecified atom stereocenters. The van der Waals surface area contributed by atoms with Crippen molar-refractivity contribution in [3.8, 4) is 0 Å². The van der Waals surface area contributed by atoms with E-state index in [9.17, 15) is 5.11 Å². The molecule has 0 amide bonds. The molecule has 0 saturated heterocycles. The van der Waals surface area contributed by atoms with Crippen LogP contribution in [-0.4, -0.2) is 10.7 Å². The molecule has 1 aromatic carbocycles. The van der Waals surface area contributed by atoms with E-state index in [2.05, 4.69) is 22.9 Å². The van der Waals surface area contributed by atoms with E-state index in [0.717, 1.165) is 27.9 Å². The van der Waals surface area contributed by atoms with Crippen molar-refractivity contribution in [3.05, 3.63) is 33.3 Å². The zero-order chi connectivity index (χ0) is 11.1. The molecule has 0 aromatic heterocycles. The summed E-state index contributed by atoms with van der Waals surface area (Å²) in [5.74, 6) is 0.643. The molecule has 1 aliphatic carbocycles. The Balaban J connectivity index is 2.11. The normalized spacial score (nSPS) is 30.0. The van der Waals surface area contributed by atoms with E-state index in [1.807, 2.05) is 18.2 Å². The lowest BCUT2D eigenvalue weighted by atomic mass is 9.69. The van der Waals surface area contributed by atoms with Gasteiger partial charge in [-0.05, 0) is 36.5 Å². The Morgan fingerprint density at radius 2 is 2.20 bits per heavy atom. The molecule has 0 heterocycles. The van der Waals surface area contributed by atoms with Crippen LogP contribution in [0.3, 0.4) is 0 Å². The van der Waals surface area contributed by atoms with Gasteiger partial charge in [-0.2, -0.15) is 0 Å². The topological polar surface area (TPSA) is 20.2 Å². The minimum absolute atomic E-state index is 0.517. The van der Waals surface area contributed by atoms with Gasteiger partial charge in [0.05, 0.1) is 5.60 Å². The fourth-order valence-electron chi connectivity index (χ4n) is 2.40. The Morgan fingerprint density at radius 3 is 2.73 bits per heavy atom. The van der Waals surface area contributed by atoms with Gasteiger partial charge in [0.25, 0.3) is 0 Å². The number of benzene rings is 1. The van der Waals surface area contributed by atoms with Crippen molar-refractivity contribution in [2.75, 3.05) is 0 Å². The lowest BCUT2D eigenvalue weighted by molar-refractivity contribution is -0.0665. The van der Waals surface area contributed by atoms with E-state index < -0.39 is 5.60 Å². The predicted molar refractivity (Wildman–Crippen MR) is 66.2 cm³/mol. The first kappa shape index (κ1) is 11.4. The number of rotatable bonds is 2. The van der Waals surface area contributed by atoms with Gasteiger partial charge in [0.1, 0.15) is 0 Å². The Kier molecular flexibility index (Phi) is 3.11. The van der Waals surface area contributed by atoms with E-state index in [1.165, 1.54) is 0 Å². The molecule has 0 bridgehead atoms. The fraction of sp³-hybridized carbons (Fsp3) is 0.500. The second-order valence-corrected chi connectivity index (χ2v) is 5.97. The molecule has 15 heavy (non-hydrogen) atoms. The molecule has 1 nitrogen and oxygen atoms in total. The van der Waals surface area contributed by atoms with Gasteiger partial charge in [-0.3, -0.25) is 0 Å². The summed E-state index contributed by atoms with van der Waals surface area (Å²) in [6, 6.07) is 5.82. The van der Waals surface area contributed by atoms with Crippen LogP contribution in [0.15, 0.2) is 22.7 Å². The van der Waals surface area contributed by atoms with Crippen molar-refractivity contribution in [1.82, 2.24) is 0 Å². The average molecular weight is 290 g/mol. The van der Waals surface area contributed by atoms with Crippen molar-refractivity contribution >= 4 is 27.5 Å². The highest BCUT2D eigenvalue weighted by molar-refractivity contribution is 9.10. The molecule has 1 aliphatic rings. The molecule has 0 radical (unpaired) electrons. The van der Waals surface area contributed by atoms with Crippen LogP contribution in [0.1, 0.15) is 25.3 Å². The zero-order valence-corrected chi connectivity index (χ0v) is 11.0. The van der Waals surface area contributed by atoms with Crippen molar-refractivity contribution < 1.29 is 5.11 Å². The SMILES string of the molecule is CC1CC(O)(Cc2ccc(Br)cc2Cl)C1. The summed E-state index contributed by atoms with van der Waals surface area (Å²) in [4.78, 5) is 0. The van der Waals surface area contributed by atoms with E-state index in [-0.39, 0.29) is 0 Å². The molecule has 0 aliphatic heterocycles. The molecule has 2 rings (SSSR count).